The molecule has 0 fully saturated rings. The number of carboxylic acid groups (broad SMARTS) is 1. The van der Waals surface area contributed by atoms with Crippen LogP contribution in [-0.4, -0.2) is 33.9 Å². The Labute approximate surface area is 116 Å². The topological polar surface area (TPSA) is 108 Å². The van der Waals surface area contributed by atoms with Crippen molar-refractivity contribution in [1.82, 2.24) is 10.3 Å². The summed E-state index contributed by atoms with van der Waals surface area (Å²) in [4.78, 5) is 38.0. The van der Waals surface area contributed by atoms with Gasteiger partial charge in [-0.25, -0.2) is 4.79 Å². The molecule has 0 aromatic carbocycles. The summed E-state index contributed by atoms with van der Waals surface area (Å²) in [5, 5.41) is 14.0. The molecule has 7 heteroatoms. The molecule has 0 aliphatic carbocycles. The van der Waals surface area contributed by atoms with Crippen LogP contribution in [0.3, 0.4) is 0 Å². The van der Waals surface area contributed by atoms with Crippen LogP contribution in [-0.2, 0) is 9.59 Å². The number of rotatable bonds is 5. The largest absolute Gasteiger partial charge is 0.478 e. The van der Waals surface area contributed by atoms with E-state index in [2.05, 4.69) is 15.6 Å². The normalized spacial score (nSPS) is 11.8. The molecule has 1 unspecified atom stereocenters. The SMILES string of the molecule is CC(=O)NC(C(=O)Nc1cnccc1C(=O)O)C(C)C. The lowest BCUT2D eigenvalue weighted by molar-refractivity contribution is -0.126. The second-order valence-corrected chi connectivity index (χ2v) is 4.64. The third-order valence-corrected chi connectivity index (χ3v) is 2.62. The first-order chi connectivity index (χ1) is 9.32. The number of pyridine rings is 1. The number of amides is 2. The lowest BCUT2D eigenvalue weighted by atomic mass is 10.0. The van der Waals surface area contributed by atoms with Crippen molar-refractivity contribution in [1.29, 1.82) is 0 Å². The van der Waals surface area contributed by atoms with Crippen LogP contribution in [0.15, 0.2) is 18.5 Å². The molecule has 0 aliphatic rings. The molecule has 1 aromatic rings. The zero-order chi connectivity index (χ0) is 15.3. The van der Waals surface area contributed by atoms with Crippen LogP contribution < -0.4 is 10.6 Å². The number of aromatic carboxylic acids is 1. The van der Waals surface area contributed by atoms with E-state index in [0.717, 1.165) is 0 Å². The van der Waals surface area contributed by atoms with Crippen LogP contribution in [0.5, 0.6) is 0 Å². The van der Waals surface area contributed by atoms with Gasteiger partial charge >= 0.3 is 5.97 Å². The second kappa shape index (κ2) is 6.65. The standard InChI is InChI=1S/C13H17N3O4/c1-7(2)11(15-8(3)17)12(18)16-10-6-14-5-4-9(10)13(19)20/h4-7,11H,1-3H3,(H,15,17)(H,16,18)(H,19,20). The van der Waals surface area contributed by atoms with Crippen LogP contribution >= 0.6 is 0 Å². The summed E-state index contributed by atoms with van der Waals surface area (Å²) in [7, 11) is 0. The van der Waals surface area contributed by atoms with E-state index < -0.39 is 17.9 Å². The van der Waals surface area contributed by atoms with E-state index in [9.17, 15) is 14.4 Å². The molecule has 2 amide bonds. The molecule has 0 aliphatic heterocycles. The summed E-state index contributed by atoms with van der Waals surface area (Å²) in [6.07, 6.45) is 2.58. The number of carbonyl (C=O) groups excluding carboxylic acids is 2. The maximum Gasteiger partial charge on any atom is 0.337 e. The quantitative estimate of drug-likeness (QED) is 0.741. The van der Waals surface area contributed by atoms with Crippen molar-refractivity contribution >= 4 is 23.5 Å². The molecule has 20 heavy (non-hydrogen) atoms. The summed E-state index contributed by atoms with van der Waals surface area (Å²) in [6, 6.07) is 0.551. The molecule has 3 N–H and O–H groups in total. The monoisotopic (exact) mass is 279 g/mol. The van der Waals surface area contributed by atoms with Gasteiger partial charge in [-0.05, 0) is 12.0 Å². The van der Waals surface area contributed by atoms with Gasteiger partial charge in [0.2, 0.25) is 11.8 Å². The van der Waals surface area contributed by atoms with Crippen LogP contribution in [0, 0.1) is 5.92 Å². The number of nitrogens with one attached hydrogen (secondary N) is 2. The highest BCUT2D eigenvalue weighted by Gasteiger charge is 2.24. The predicted molar refractivity (Wildman–Crippen MR) is 72.3 cm³/mol. The van der Waals surface area contributed by atoms with Crippen LogP contribution in [0.4, 0.5) is 5.69 Å². The van der Waals surface area contributed by atoms with Gasteiger partial charge in [0.1, 0.15) is 6.04 Å². The summed E-state index contributed by atoms with van der Waals surface area (Å²) < 4.78 is 0. The van der Waals surface area contributed by atoms with E-state index in [-0.39, 0.29) is 23.1 Å². The zero-order valence-corrected chi connectivity index (χ0v) is 11.5. The number of carbonyl (C=O) groups is 3. The molecule has 0 spiro atoms. The summed E-state index contributed by atoms with van der Waals surface area (Å²) in [6.45, 7) is 4.87. The molecule has 0 saturated heterocycles. The van der Waals surface area contributed by atoms with Gasteiger partial charge in [0, 0.05) is 13.1 Å². The van der Waals surface area contributed by atoms with Crippen molar-refractivity contribution in [2.75, 3.05) is 5.32 Å². The number of aromatic nitrogens is 1. The molecule has 0 radical (unpaired) electrons. The lowest BCUT2D eigenvalue weighted by Crippen LogP contribution is -2.46. The second-order valence-electron chi connectivity index (χ2n) is 4.64. The van der Waals surface area contributed by atoms with Gasteiger partial charge in [-0.2, -0.15) is 0 Å². The van der Waals surface area contributed by atoms with Gasteiger partial charge in [-0.1, -0.05) is 13.8 Å². The molecular weight excluding hydrogens is 262 g/mol. The Kier molecular flexibility index (Phi) is 5.19. The molecule has 0 bridgehead atoms. The Morgan fingerprint density at radius 3 is 2.45 bits per heavy atom. The first-order valence-electron chi connectivity index (χ1n) is 6.08. The van der Waals surface area contributed by atoms with E-state index in [4.69, 9.17) is 5.11 Å². The maximum atomic E-state index is 12.1. The van der Waals surface area contributed by atoms with Crippen LogP contribution in [0.25, 0.3) is 0 Å². The van der Waals surface area contributed by atoms with E-state index in [1.165, 1.54) is 25.4 Å². The van der Waals surface area contributed by atoms with Gasteiger partial charge in [0.05, 0.1) is 17.4 Å². The highest BCUT2D eigenvalue weighted by atomic mass is 16.4. The van der Waals surface area contributed by atoms with Crippen molar-refractivity contribution < 1.29 is 19.5 Å². The molecule has 7 nitrogen and oxygen atoms in total. The highest BCUT2D eigenvalue weighted by Crippen LogP contribution is 2.14. The van der Waals surface area contributed by atoms with Crippen molar-refractivity contribution in [2.24, 2.45) is 5.92 Å². The molecule has 1 heterocycles. The Morgan fingerprint density at radius 2 is 1.95 bits per heavy atom. The van der Waals surface area contributed by atoms with E-state index in [1.807, 2.05) is 0 Å². The number of nitrogens with zero attached hydrogens (tertiary/aromatic N) is 1. The average molecular weight is 279 g/mol. The molecule has 1 atom stereocenters. The minimum atomic E-state index is -1.16. The lowest BCUT2D eigenvalue weighted by Gasteiger charge is -2.21. The maximum absolute atomic E-state index is 12.1. The first-order valence-corrected chi connectivity index (χ1v) is 6.08. The number of anilines is 1. The number of hydrogen-bond acceptors (Lipinski definition) is 4. The fraction of sp³-hybridized carbons (Fsp3) is 0.385. The van der Waals surface area contributed by atoms with Gasteiger partial charge < -0.3 is 15.7 Å². The summed E-state index contributed by atoms with van der Waals surface area (Å²) in [5.74, 6) is -2.11. The average Bonchev–Trinajstić information content (AvgIpc) is 2.35. The van der Waals surface area contributed by atoms with Crippen molar-refractivity contribution in [2.45, 2.75) is 26.8 Å². The Hall–Kier alpha value is -2.44. The Balaban J connectivity index is 2.94. The van der Waals surface area contributed by atoms with Gasteiger partial charge in [0.15, 0.2) is 0 Å². The molecular formula is C13H17N3O4. The molecule has 1 rings (SSSR count). The molecule has 1 aromatic heterocycles. The number of hydrogen-bond donors (Lipinski definition) is 3. The Bertz CT molecular complexity index is 528. The fourth-order valence-electron chi connectivity index (χ4n) is 1.64. The highest BCUT2D eigenvalue weighted by molar-refractivity contribution is 6.02. The van der Waals surface area contributed by atoms with Crippen molar-refractivity contribution in [3.8, 4) is 0 Å². The minimum absolute atomic E-state index is 0.0568. The van der Waals surface area contributed by atoms with Crippen LogP contribution in [0.1, 0.15) is 31.1 Å². The van der Waals surface area contributed by atoms with Gasteiger partial charge in [-0.3, -0.25) is 14.6 Å². The fourth-order valence-corrected chi connectivity index (χ4v) is 1.64. The van der Waals surface area contributed by atoms with E-state index >= 15 is 0 Å². The summed E-state index contributed by atoms with van der Waals surface area (Å²) >= 11 is 0. The number of carboxylic acids is 1. The van der Waals surface area contributed by atoms with Gasteiger partial charge in [-0.15, -0.1) is 0 Å². The van der Waals surface area contributed by atoms with Crippen molar-refractivity contribution in [3.63, 3.8) is 0 Å². The van der Waals surface area contributed by atoms with E-state index in [1.54, 1.807) is 13.8 Å². The third kappa shape index (κ3) is 4.04. The van der Waals surface area contributed by atoms with Gasteiger partial charge in [0.25, 0.3) is 0 Å². The first kappa shape index (κ1) is 15.6. The van der Waals surface area contributed by atoms with E-state index in [0.29, 0.717) is 0 Å². The zero-order valence-electron chi connectivity index (χ0n) is 11.5. The third-order valence-electron chi connectivity index (χ3n) is 2.62. The smallest absolute Gasteiger partial charge is 0.337 e. The molecule has 0 saturated carbocycles. The van der Waals surface area contributed by atoms with Crippen molar-refractivity contribution in [3.05, 3.63) is 24.0 Å². The van der Waals surface area contributed by atoms with Crippen LogP contribution in [0.2, 0.25) is 0 Å². The Morgan fingerprint density at radius 1 is 1.30 bits per heavy atom. The summed E-state index contributed by atoms with van der Waals surface area (Å²) in [5.41, 5.74) is 0.0414. The predicted octanol–water partition coefficient (Wildman–Crippen LogP) is 0.879. The molecule has 108 valence electrons. The minimum Gasteiger partial charge on any atom is -0.478 e.